The highest BCUT2D eigenvalue weighted by Crippen LogP contribution is 2.38. The fraction of sp³-hybridized carbons (Fsp3) is 0.440. The number of hydrogen-bond donors (Lipinski definition) is 1. The molecule has 1 N–H and O–H groups in total. The number of fused-ring (bicyclic) bond motifs is 2. The maximum absolute atomic E-state index is 13.5. The molecule has 2 aliphatic heterocycles. The van der Waals surface area contributed by atoms with E-state index in [0.717, 1.165) is 74.6 Å². The van der Waals surface area contributed by atoms with Crippen LogP contribution >= 0.6 is 0 Å². The van der Waals surface area contributed by atoms with Crippen molar-refractivity contribution >= 4 is 29.1 Å². The number of rotatable bonds is 6. The molecule has 0 saturated carbocycles. The molecular formula is C25H31N3O4. The van der Waals surface area contributed by atoms with Crippen molar-refractivity contribution in [3.05, 3.63) is 53.6 Å². The minimum Gasteiger partial charge on any atom is -0.450 e. The number of morpholine rings is 1. The Morgan fingerprint density at radius 2 is 1.78 bits per heavy atom. The number of carbonyl (C=O) groups excluding carboxylic acids is 2. The second-order valence-corrected chi connectivity index (χ2v) is 8.10. The Labute approximate surface area is 189 Å². The maximum atomic E-state index is 13.5. The summed E-state index contributed by atoms with van der Waals surface area (Å²) in [6.07, 6.45) is 2.47. The summed E-state index contributed by atoms with van der Waals surface area (Å²) >= 11 is 0. The van der Waals surface area contributed by atoms with Crippen molar-refractivity contribution in [2.75, 3.05) is 49.7 Å². The van der Waals surface area contributed by atoms with E-state index in [1.54, 1.807) is 6.92 Å². The van der Waals surface area contributed by atoms with E-state index in [2.05, 4.69) is 16.3 Å². The van der Waals surface area contributed by atoms with Crippen LogP contribution in [0.2, 0.25) is 0 Å². The molecule has 0 radical (unpaired) electrons. The van der Waals surface area contributed by atoms with Crippen LogP contribution in [0.4, 0.5) is 21.9 Å². The van der Waals surface area contributed by atoms with Gasteiger partial charge in [-0.2, -0.15) is 0 Å². The zero-order chi connectivity index (χ0) is 22.3. The average Bonchev–Trinajstić information content (AvgIpc) is 2.96. The number of nitrogens with zero attached hydrogens (tertiary/aromatic N) is 2. The molecule has 2 aromatic rings. The Morgan fingerprint density at radius 1 is 1.03 bits per heavy atom. The zero-order valence-corrected chi connectivity index (χ0v) is 18.6. The number of nitrogens with one attached hydrogen (secondary N) is 1. The first-order valence-corrected chi connectivity index (χ1v) is 11.4. The first kappa shape index (κ1) is 22.3. The van der Waals surface area contributed by atoms with Crippen LogP contribution < -0.4 is 10.2 Å². The molecule has 0 aromatic heterocycles. The number of anilines is 3. The summed E-state index contributed by atoms with van der Waals surface area (Å²) in [6, 6.07) is 13.8. The lowest BCUT2D eigenvalue weighted by Crippen LogP contribution is -2.37. The number of carbonyl (C=O) groups is 2. The summed E-state index contributed by atoms with van der Waals surface area (Å²) < 4.78 is 10.4. The third-order valence-corrected chi connectivity index (χ3v) is 5.96. The molecule has 0 bridgehead atoms. The van der Waals surface area contributed by atoms with Gasteiger partial charge < -0.3 is 9.47 Å². The SMILES string of the molecule is CCOC(=O)Nc1ccc2c(c1)N(C(=O)CCCN1CCOCC1)c1ccccc1CC2. The van der Waals surface area contributed by atoms with E-state index in [1.807, 2.05) is 41.3 Å². The molecule has 0 unspecified atom stereocenters. The fourth-order valence-corrected chi connectivity index (χ4v) is 4.34. The smallest absolute Gasteiger partial charge is 0.411 e. The third-order valence-electron chi connectivity index (χ3n) is 5.96. The van der Waals surface area contributed by atoms with Crippen molar-refractivity contribution in [1.82, 2.24) is 4.90 Å². The lowest BCUT2D eigenvalue weighted by atomic mass is 10.0. The first-order valence-electron chi connectivity index (χ1n) is 11.4. The number of aryl methyl sites for hydroxylation is 2. The topological polar surface area (TPSA) is 71.1 Å². The standard InChI is InChI=1S/C25H31N3O4/c1-2-32-25(30)26-21-12-11-20-10-9-19-6-3-4-7-22(19)28(23(20)18-21)24(29)8-5-13-27-14-16-31-17-15-27/h3-4,6-7,11-12,18H,2,5,8-10,13-17H2,1H3,(H,26,30). The summed E-state index contributed by atoms with van der Waals surface area (Å²) in [5.74, 6) is 0.0714. The number of hydrogen-bond acceptors (Lipinski definition) is 5. The Balaban J connectivity index is 1.57. The van der Waals surface area contributed by atoms with Crippen LogP contribution in [-0.2, 0) is 27.1 Å². The molecule has 1 saturated heterocycles. The monoisotopic (exact) mass is 437 g/mol. The van der Waals surface area contributed by atoms with Gasteiger partial charge in [-0.15, -0.1) is 0 Å². The second kappa shape index (κ2) is 10.6. The summed E-state index contributed by atoms with van der Waals surface area (Å²) in [5.41, 5.74) is 4.63. The van der Waals surface area contributed by atoms with Crippen molar-refractivity contribution in [2.45, 2.75) is 32.6 Å². The molecule has 4 rings (SSSR count). The Morgan fingerprint density at radius 3 is 2.56 bits per heavy atom. The molecule has 2 aromatic carbocycles. The molecule has 0 aliphatic carbocycles. The average molecular weight is 438 g/mol. The van der Waals surface area contributed by atoms with Crippen molar-refractivity contribution in [2.24, 2.45) is 0 Å². The van der Waals surface area contributed by atoms with Gasteiger partial charge in [-0.1, -0.05) is 24.3 Å². The van der Waals surface area contributed by atoms with Gasteiger partial charge in [0.05, 0.1) is 31.2 Å². The van der Waals surface area contributed by atoms with E-state index in [1.165, 1.54) is 0 Å². The first-order chi connectivity index (χ1) is 15.7. The van der Waals surface area contributed by atoms with Crippen LogP contribution in [0.1, 0.15) is 30.9 Å². The Hall–Kier alpha value is -2.90. The molecule has 1 fully saturated rings. The third kappa shape index (κ3) is 5.29. The van der Waals surface area contributed by atoms with E-state index < -0.39 is 6.09 Å². The van der Waals surface area contributed by atoms with E-state index in [0.29, 0.717) is 18.7 Å². The second-order valence-electron chi connectivity index (χ2n) is 8.10. The van der Waals surface area contributed by atoms with Gasteiger partial charge in [0.2, 0.25) is 5.91 Å². The lowest BCUT2D eigenvalue weighted by Gasteiger charge is -2.28. The molecule has 0 atom stereocenters. The Kier molecular flexibility index (Phi) is 7.39. The molecular weight excluding hydrogens is 406 g/mol. The highest BCUT2D eigenvalue weighted by atomic mass is 16.5. The van der Waals surface area contributed by atoms with Crippen LogP contribution in [0.3, 0.4) is 0 Å². The van der Waals surface area contributed by atoms with Crippen LogP contribution in [0.25, 0.3) is 0 Å². The van der Waals surface area contributed by atoms with Gasteiger partial charge in [0.25, 0.3) is 0 Å². The minimum absolute atomic E-state index is 0.0714. The van der Waals surface area contributed by atoms with Gasteiger partial charge >= 0.3 is 6.09 Å². The summed E-state index contributed by atoms with van der Waals surface area (Å²) in [4.78, 5) is 29.6. The fourth-order valence-electron chi connectivity index (χ4n) is 4.34. The molecule has 0 spiro atoms. The van der Waals surface area contributed by atoms with Gasteiger partial charge in [0.15, 0.2) is 0 Å². The number of amides is 2. The van der Waals surface area contributed by atoms with Gasteiger partial charge in [-0.3, -0.25) is 19.9 Å². The van der Waals surface area contributed by atoms with Gasteiger partial charge in [0, 0.05) is 25.2 Å². The van der Waals surface area contributed by atoms with E-state index in [-0.39, 0.29) is 5.91 Å². The number of para-hydroxylation sites is 1. The highest BCUT2D eigenvalue weighted by molar-refractivity contribution is 6.03. The number of ether oxygens (including phenoxy) is 2. The largest absolute Gasteiger partial charge is 0.450 e. The molecule has 7 heteroatoms. The van der Waals surface area contributed by atoms with Crippen molar-refractivity contribution in [3.63, 3.8) is 0 Å². The summed E-state index contributed by atoms with van der Waals surface area (Å²) in [5, 5.41) is 2.77. The number of benzene rings is 2. The summed E-state index contributed by atoms with van der Waals surface area (Å²) in [6.45, 7) is 6.33. The molecule has 2 aliphatic rings. The van der Waals surface area contributed by atoms with E-state index >= 15 is 0 Å². The maximum Gasteiger partial charge on any atom is 0.411 e. The minimum atomic E-state index is -0.496. The molecule has 2 heterocycles. The Bertz CT molecular complexity index is 956. The predicted octanol–water partition coefficient (Wildman–Crippen LogP) is 4.13. The van der Waals surface area contributed by atoms with Gasteiger partial charge in [0.1, 0.15) is 0 Å². The summed E-state index contributed by atoms with van der Waals surface area (Å²) in [7, 11) is 0. The highest BCUT2D eigenvalue weighted by Gasteiger charge is 2.26. The van der Waals surface area contributed by atoms with Crippen molar-refractivity contribution in [3.8, 4) is 0 Å². The van der Waals surface area contributed by atoms with Crippen molar-refractivity contribution in [1.29, 1.82) is 0 Å². The van der Waals surface area contributed by atoms with Gasteiger partial charge in [-0.05, 0) is 62.1 Å². The predicted molar refractivity (Wildman–Crippen MR) is 125 cm³/mol. The van der Waals surface area contributed by atoms with Crippen LogP contribution in [-0.4, -0.2) is 56.4 Å². The van der Waals surface area contributed by atoms with Gasteiger partial charge in [-0.25, -0.2) is 4.79 Å². The van der Waals surface area contributed by atoms with Crippen LogP contribution in [0, 0.1) is 0 Å². The van der Waals surface area contributed by atoms with Crippen molar-refractivity contribution < 1.29 is 19.1 Å². The van der Waals surface area contributed by atoms with Crippen LogP contribution in [0.5, 0.6) is 0 Å². The lowest BCUT2D eigenvalue weighted by molar-refractivity contribution is -0.118. The van der Waals surface area contributed by atoms with E-state index in [9.17, 15) is 9.59 Å². The normalized spacial score (nSPS) is 16.0. The zero-order valence-electron chi connectivity index (χ0n) is 18.6. The molecule has 32 heavy (non-hydrogen) atoms. The van der Waals surface area contributed by atoms with Crippen LogP contribution in [0.15, 0.2) is 42.5 Å². The van der Waals surface area contributed by atoms with E-state index in [4.69, 9.17) is 9.47 Å². The molecule has 170 valence electrons. The molecule has 2 amide bonds. The molecule has 7 nitrogen and oxygen atoms in total. The quantitative estimate of drug-likeness (QED) is 0.736.